The number of rotatable bonds is 1. The molecule has 0 atom stereocenters. The summed E-state index contributed by atoms with van der Waals surface area (Å²) in [5, 5.41) is 12.3. The zero-order valence-electron chi connectivity index (χ0n) is 6.68. The van der Waals surface area contributed by atoms with Crippen LogP contribution in [0.15, 0.2) is 12.3 Å². The quantitative estimate of drug-likeness (QED) is 0.380. The van der Waals surface area contributed by atoms with Crippen LogP contribution in [-0.2, 0) is 0 Å². The van der Waals surface area contributed by atoms with Crippen molar-refractivity contribution in [3.05, 3.63) is 33.6 Å². The van der Waals surface area contributed by atoms with E-state index in [2.05, 4.69) is 4.98 Å². The first kappa shape index (κ1) is 8.30. The fourth-order valence-electron chi connectivity index (χ4n) is 1.14. The van der Waals surface area contributed by atoms with E-state index in [1.165, 1.54) is 0 Å². The number of fused-ring (bicyclic) bond motifs is 1. The summed E-state index contributed by atoms with van der Waals surface area (Å²) in [5.41, 5.74) is -0.432. The molecule has 70 valence electrons. The van der Waals surface area contributed by atoms with Crippen molar-refractivity contribution in [2.24, 2.45) is 0 Å². The average Bonchev–Trinajstić information content (AvgIpc) is 2.42. The summed E-state index contributed by atoms with van der Waals surface area (Å²) in [6, 6.07) is 1.03. The molecule has 7 heteroatoms. The summed E-state index contributed by atoms with van der Waals surface area (Å²) in [4.78, 5) is 35.2. The van der Waals surface area contributed by atoms with Gasteiger partial charge in [-0.2, -0.15) is 0 Å². The number of pyridine rings is 1. The van der Waals surface area contributed by atoms with Crippen LogP contribution in [0.1, 0.15) is 20.8 Å². The summed E-state index contributed by atoms with van der Waals surface area (Å²) in [6.45, 7) is 0. The van der Waals surface area contributed by atoms with Gasteiger partial charge in [-0.25, -0.2) is 4.98 Å². The van der Waals surface area contributed by atoms with Gasteiger partial charge >= 0.3 is 0 Å². The molecule has 2 heterocycles. The SMILES string of the molecule is O=C1NC(=O)c2ncc([N+](=O)[O-])cc21. The van der Waals surface area contributed by atoms with Crippen LogP contribution in [0.3, 0.4) is 0 Å². The first-order chi connectivity index (χ1) is 6.59. The third-order valence-electron chi connectivity index (χ3n) is 1.77. The van der Waals surface area contributed by atoms with Gasteiger partial charge in [-0.3, -0.25) is 25.0 Å². The van der Waals surface area contributed by atoms with Crippen molar-refractivity contribution < 1.29 is 14.5 Å². The van der Waals surface area contributed by atoms with E-state index in [-0.39, 0.29) is 16.9 Å². The first-order valence-electron chi connectivity index (χ1n) is 3.59. The number of hydrogen-bond donors (Lipinski definition) is 1. The van der Waals surface area contributed by atoms with E-state index in [9.17, 15) is 19.7 Å². The Labute approximate surface area is 76.9 Å². The number of hydrogen-bond acceptors (Lipinski definition) is 5. The summed E-state index contributed by atoms with van der Waals surface area (Å²) < 4.78 is 0. The van der Waals surface area contributed by atoms with Gasteiger partial charge in [0.15, 0.2) is 0 Å². The van der Waals surface area contributed by atoms with E-state index in [4.69, 9.17) is 0 Å². The molecule has 2 rings (SSSR count). The van der Waals surface area contributed by atoms with E-state index >= 15 is 0 Å². The fraction of sp³-hybridized carbons (Fsp3) is 0. The number of nitro groups is 1. The lowest BCUT2D eigenvalue weighted by Crippen LogP contribution is -2.20. The van der Waals surface area contributed by atoms with Crippen molar-refractivity contribution >= 4 is 17.5 Å². The van der Waals surface area contributed by atoms with Crippen LogP contribution in [0.2, 0.25) is 0 Å². The molecule has 0 saturated carbocycles. The lowest BCUT2D eigenvalue weighted by Gasteiger charge is -1.92. The monoisotopic (exact) mass is 193 g/mol. The summed E-state index contributed by atoms with van der Waals surface area (Å²) in [7, 11) is 0. The third kappa shape index (κ3) is 1.03. The van der Waals surface area contributed by atoms with Crippen LogP contribution >= 0.6 is 0 Å². The smallest absolute Gasteiger partial charge is 0.287 e. The fourth-order valence-corrected chi connectivity index (χ4v) is 1.14. The van der Waals surface area contributed by atoms with Crippen LogP contribution < -0.4 is 5.32 Å². The molecule has 1 aliphatic rings. The number of nitrogens with zero attached hydrogens (tertiary/aromatic N) is 2. The number of carbonyl (C=O) groups excluding carboxylic acids is 2. The number of aromatic nitrogens is 1. The molecule has 0 spiro atoms. The summed E-state index contributed by atoms with van der Waals surface area (Å²) >= 11 is 0. The van der Waals surface area contributed by atoms with Crippen molar-refractivity contribution in [3.63, 3.8) is 0 Å². The van der Waals surface area contributed by atoms with Gasteiger partial charge in [0.25, 0.3) is 17.5 Å². The molecule has 0 fully saturated rings. The lowest BCUT2D eigenvalue weighted by atomic mass is 10.2. The van der Waals surface area contributed by atoms with Gasteiger partial charge in [0.2, 0.25) is 0 Å². The Morgan fingerprint density at radius 3 is 2.71 bits per heavy atom. The van der Waals surface area contributed by atoms with Crippen molar-refractivity contribution in [1.29, 1.82) is 0 Å². The number of carbonyl (C=O) groups is 2. The van der Waals surface area contributed by atoms with Gasteiger partial charge in [0.05, 0.1) is 10.5 Å². The van der Waals surface area contributed by atoms with Gasteiger partial charge in [0.1, 0.15) is 11.9 Å². The average molecular weight is 193 g/mol. The second-order valence-electron chi connectivity index (χ2n) is 2.63. The summed E-state index contributed by atoms with van der Waals surface area (Å²) in [5.74, 6) is -1.28. The second kappa shape index (κ2) is 2.59. The van der Waals surface area contributed by atoms with Crippen LogP contribution in [-0.4, -0.2) is 21.7 Å². The van der Waals surface area contributed by atoms with Crippen molar-refractivity contribution in [1.82, 2.24) is 10.3 Å². The molecule has 0 aromatic carbocycles. The number of nitrogens with one attached hydrogen (secondary N) is 1. The predicted octanol–water partition coefficient (Wildman–Crippen LogP) is -0.127. The molecule has 0 bridgehead atoms. The Morgan fingerprint density at radius 2 is 2.07 bits per heavy atom. The first-order valence-corrected chi connectivity index (χ1v) is 3.59. The molecule has 1 N–H and O–H groups in total. The van der Waals surface area contributed by atoms with Gasteiger partial charge in [-0.1, -0.05) is 0 Å². The molecule has 0 unspecified atom stereocenters. The Bertz CT molecular complexity index is 468. The zero-order valence-corrected chi connectivity index (χ0v) is 6.68. The Hall–Kier alpha value is -2.31. The Balaban J connectivity index is 2.61. The Morgan fingerprint density at radius 1 is 1.36 bits per heavy atom. The van der Waals surface area contributed by atoms with E-state index in [1.54, 1.807) is 0 Å². The highest BCUT2D eigenvalue weighted by Gasteiger charge is 2.30. The molecule has 7 nitrogen and oxygen atoms in total. The van der Waals surface area contributed by atoms with Crippen LogP contribution in [0.5, 0.6) is 0 Å². The third-order valence-corrected chi connectivity index (χ3v) is 1.77. The highest BCUT2D eigenvalue weighted by Crippen LogP contribution is 2.18. The van der Waals surface area contributed by atoms with E-state index in [0.29, 0.717) is 0 Å². The highest BCUT2D eigenvalue weighted by molar-refractivity contribution is 6.20. The molecule has 14 heavy (non-hydrogen) atoms. The zero-order chi connectivity index (χ0) is 10.3. The highest BCUT2D eigenvalue weighted by atomic mass is 16.6. The molecule has 0 radical (unpaired) electrons. The molecular formula is C7H3N3O4. The van der Waals surface area contributed by atoms with Crippen molar-refractivity contribution in [2.45, 2.75) is 0 Å². The largest absolute Gasteiger partial charge is 0.288 e. The van der Waals surface area contributed by atoms with Gasteiger partial charge < -0.3 is 0 Å². The molecule has 0 saturated heterocycles. The van der Waals surface area contributed by atoms with E-state index in [0.717, 1.165) is 12.3 Å². The number of amides is 2. The Kier molecular flexibility index (Phi) is 1.53. The topological polar surface area (TPSA) is 102 Å². The van der Waals surface area contributed by atoms with E-state index in [1.807, 2.05) is 5.32 Å². The molecule has 1 aliphatic heterocycles. The van der Waals surface area contributed by atoms with Gasteiger partial charge in [-0.05, 0) is 0 Å². The molecule has 2 amide bonds. The van der Waals surface area contributed by atoms with Crippen molar-refractivity contribution in [3.8, 4) is 0 Å². The van der Waals surface area contributed by atoms with Gasteiger partial charge in [0, 0.05) is 6.07 Å². The minimum Gasteiger partial charge on any atom is -0.287 e. The van der Waals surface area contributed by atoms with Crippen LogP contribution in [0, 0.1) is 10.1 Å². The van der Waals surface area contributed by atoms with E-state index < -0.39 is 16.7 Å². The molecule has 1 aromatic rings. The van der Waals surface area contributed by atoms with Crippen molar-refractivity contribution in [2.75, 3.05) is 0 Å². The normalized spacial score (nSPS) is 13.7. The second-order valence-corrected chi connectivity index (χ2v) is 2.63. The minimum atomic E-state index is -0.677. The van der Waals surface area contributed by atoms with Crippen LogP contribution in [0.25, 0.3) is 0 Å². The van der Waals surface area contributed by atoms with Crippen LogP contribution in [0.4, 0.5) is 5.69 Å². The standard InChI is InChI=1S/C7H3N3O4/c11-6-4-1-3(10(13)14)2-8-5(4)7(12)9-6/h1-2H,(H,9,11,12). The molecule has 1 aromatic heterocycles. The lowest BCUT2D eigenvalue weighted by molar-refractivity contribution is -0.385. The summed E-state index contributed by atoms with van der Waals surface area (Å²) in [6.07, 6.45) is 0.941. The van der Waals surface area contributed by atoms with Gasteiger partial charge in [-0.15, -0.1) is 0 Å². The maximum Gasteiger partial charge on any atom is 0.288 e. The maximum absolute atomic E-state index is 11.1. The predicted molar refractivity (Wildman–Crippen MR) is 42.7 cm³/mol. The molecular weight excluding hydrogens is 190 g/mol. The minimum absolute atomic E-state index is 0.0517. The molecule has 0 aliphatic carbocycles. The number of imide groups is 1. The maximum atomic E-state index is 11.1.